The van der Waals surface area contributed by atoms with Gasteiger partial charge in [-0.25, -0.2) is 9.89 Å². The lowest BCUT2D eigenvalue weighted by Crippen LogP contribution is -2.37. The topological polar surface area (TPSA) is 126 Å². The Hall–Kier alpha value is -2.94. The number of allylic oxidation sites excluding steroid dienone is 4. The molecule has 2 heterocycles. The molecule has 2 saturated carbocycles. The largest absolute Gasteiger partial charge is 0.476 e. The Morgan fingerprint density at radius 2 is 1.94 bits per heavy atom. The third-order valence-electron chi connectivity index (χ3n) is 7.66. The second kappa shape index (κ2) is 9.74. The van der Waals surface area contributed by atoms with E-state index < -0.39 is 11.6 Å². The lowest BCUT2D eigenvalue weighted by molar-refractivity contribution is -0.0144. The number of hydrogen-bond donors (Lipinski definition) is 3. The Balaban J connectivity index is 1.19. The highest BCUT2D eigenvalue weighted by Crippen LogP contribution is 2.38. The minimum Gasteiger partial charge on any atom is -0.476 e. The molecule has 2 aromatic rings. The number of aromatic amines is 1. The van der Waals surface area contributed by atoms with Crippen LogP contribution in [0.3, 0.4) is 0 Å². The van der Waals surface area contributed by atoms with Crippen LogP contribution in [0.1, 0.15) is 86.8 Å². The van der Waals surface area contributed by atoms with Crippen LogP contribution in [-0.2, 0) is 6.54 Å². The van der Waals surface area contributed by atoms with Gasteiger partial charge >= 0.3 is 5.97 Å². The van der Waals surface area contributed by atoms with Gasteiger partial charge < -0.3 is 14.9 Å². The van der Waals surface area contributed by atoms with Gasteiger partial charge in [-0.05, 0) is 68.9 Å². The standard InChI is InChI=1S/C25H33N5O4/c31-24(32)22-23(28-29-27-22)34-20-10-8-18(9-11-20)17-4-6-19(7-5-17)21-12-15-26-30(21)16-25(33)13-2-1-3-14-25/h4,6,12,15,18,20,33H,1-3,5,7-11,13-14,16H2,(H,31,32)(H,27,28,29). The van der Waals surface area contributed by atoms with Crippen molar-refractivity contribution in [1.82, 2.24) is 25.2 Å². The number of aromatic nitrogens is 5. The van der Waals surface area contributed by atoms with E-state index in [-0.39, 0.29) is 17.7 Å². The van der Waals surface area contributed by atoms with Crippen molar-refractivity contribution in [3.05, 3.63) is 41.4 Å². The molecule has 34 heavy (non-hydrogen) atoms. The van der Waals surface area contributed by atoms with Crippen molar-refractivity contribution in [3.63, 3.8) is 0 Å². The number of nitrogens with one attached hydrogen (secondary N) is 1. The molecule has 9 nitrogen and oxygen atoms in total. The molecule has 2 aromatic heterocycles. The highest BCUT2D eigenvalue weighted by atomic mass is 16.5. The smallest absolute Gasteiger partial charge is 0.359 e. The molecular formula is C25H33N5O4. The molecular weight excluding hydrogens is 434 g/mol. The summed E-state index contributed by atoms with van der Waals surface area (Å²) in [5.41, 5.74) is 3.15. The van der Waals surface area contributed by atoms with Gasteiger partial charge in [0, 0.05) is 6.20 Å². The van der Waals surface area contributed by atoms with E-state index in [0.29, 0.717) is 12.5 Å². The molecule has 3 N–H and O–H groups in total. The van der Waals surface area contributed by atoms with Crippen molar-refractivity contribution < 1.29 is 19.7 Å². The lowest BCUT2D eigenvalue weighted by Gasteiger charge is -2.33. The number of H-pyrrole nitrogens is 1. The predicted octanol–water partition coefficient (Wildman–Crippen LogP) is 4.14. The van der Waals surface area contributed by atoms with E-state index in [1.165, 1.54) is 17.6 Å². The van der Waals surface area contributed by atoms with Crippen LogP contribution in [0.25, 0.3) is 5.57 Å². The fourth-order valence-corrected chi connectivity index (χ4v) is 5.73. The summed E-state index contributed by atoms with van der Waals surface area (Å²) in [6.07, 6.45) is 17.2. The maximum Gasteiger partial charge on any atom is 0.359 e. The third kappa shape index (κ3) is 4.94. The van der Waals surface area contributed by atoms with Gasteiger partial charge in [0.2, 0.25) is 5.69 Å². The van der Waals surface area contributed by atoms with Crippen molar-refractivity contribution in [2.45, 2.75) is 88.9 Å². The van der Waals surface area contributed by atoms with Crippen LogP contribution in [0.4, 0.5) is 0 Å². The minimum absolute atomic E-state index is 0.0327. The number of rotatable bonds is 7. The number of aromatic carboxylic acids is 1. The Morgan fingerprint density at radius 1 is 1.15 bits per heavy atom. The second-order valence-electron chi connectivity index (χ2n) is 9.98. The Morgan fingerprint density at radius 3 is 2.65 bits per heavy atom. The van der Waals surface area contributed by atoms with Gasteiger partial charge in [0.25, 0.3) is 5.88 Å². The molecule has 3 aliphatic carbocycles. The summed E-state index contributed by atoms with van der Waals surface area (Å²) < 4.78 is 7.82. The third-order valence-corrected chi connectivity index (χ3v) is 7.66. The average Bonchev–Trinajstić information content (AvgIpc) is 3.49. The summed E-state index contributed by atoms with van der Waals surface area (Å²) in [6.45, 7) is 0.572. The van der Waals surface area contributed by atoms with Crippen molar-refractivity contribution in [1.29, 1.82) is 0 Å². The number of ether oxygens (including phenoxy) is 1. The number of aliphatic hydroxyl groups is 1. The lowest BCUT2D eigenvalue weighted by atomic mass is 9.78. The first-order valence-corrected chi connectivity index (χ1v) is 12.5. The molecule has 0 aliphatic heterocycles. The quantitative estimate of drug-likeness (QED) is 0.559. The van der Waals surface area contributed by atoms with Gasteiger partial charge in [-0.15, -0.1) is 0 Å². The Labute approximate surface area is 198 Å². The second-order valence-corrected chi connectivity index (χ2v) is 9.98. The molecule has 0 amide bonds. The zero-order valence-corrected chi connectivity index (χ0v) is 19.4. The maximum atomic E-state index is 11.2. The summed E-state index contributed by atoms with van der Waals surface area (Å²) in [7, 11) is 0. The Kier molecular flexibility index (Phi) is 6.54. The van der Waals surface area contributed by atoms with Crippen molar-refractivity contribution in [2.75, 3.05) is 0 Å². The molecule has 0 atom stereocenters. The van der Waals surface area contributed by atoms with E-state index in [1.807, 2.05) is 10.9 Å². The molecule has 0 spiro atoms. The van der Waals surface area contributed by atoms with Crippen LogP contribution in [0.2, 0.25) is 0 Å². The van der Waals surface area contributed by atoms with Crippen molar-refractivity contribution in [3.8, 4) is 5.88 Å². The number of carbonyl (C=O) groups is 1. The zero-order valence-electron chi connectivity index (χ0n) is 19.4. The van der Waals surface area contributed by atoms with Gasteiger partial charge in [0.05, 0.1) is 17.8 Å². The van der Waals surface area contributed by atoms with Crippen LogP contribution in [0.15, 0.2) is 30.0 Å². The molecule has 3 aliphatic rings. The van der Waals surface area contributed by atoms with E-state index in [1.54, 1.807) is 0 Å². The monoisotopic (exact) mass is 467 g/mol. The normalized spacial score (nSPS) is 24.9. The fourth-order valence-electron chi connectivity index (χ4n) is 5.73. The molecule has 0 aromatic carbocycles. The van der Waals surface area contributed by atoms with Gasteiger partial charge in [0.1, 0.15) is 6.10 Å². The first kappa shape index (κ1) is 22.8. The van der Waals surface area contributed by atoms with Crippen LogP contribution in [-0.4, -0.2) is 53.1 Å². The van der Waals surface area contributed by atoms with Crippen LogP contribution in [0, 0.1) is 5.92 Å². The molecule has 0 bridgehead atoms. The first-order chi connectivity index (χ1) is 16.5. The summed E-state index contributed by atoms with van der Waals surface area (Å²) in [4.78, 5) is 11.2. The van der Waals surface area contributed by atoms with Crippen LogP contribution < -0.4 is 4.74 Å². The van der Waals surface area contributed by atoms with Gasteiger partial charge in [-0.3, -0.25) is 4.68 Å². The highest BCUT2D eigenvalue weighted by molar-refractivity contribution is 5.87. The number of nitrogens with zero attached hydrogens (tertiary/aromatic N) is 4. The van der Waals surface area contributed by atoms with E-state index in [9.17, 15) is 15.0 Å². The van der Waals surface area contributed by atoms with E-state index in [2.05, 4.69) is 38.7 Å². The average molecular weight is 468 g/mol. The highest BCUT2D eigenvalue weighted by Gasteiger charge is 2.31. The van der Waals surface area contributed by atoms with E-state index >= 15 is 0 Å². The molecule has 0 radical (unpaired) electrons. The summed E-state index contributed by atoms with van der Waals surface area (Å²) in [5.74, 6) is -0.505. The van der Waals surface area contributed by atoms with Gasteiger partial charge in [-0.2, -0.15) is 5.10 Å². The van der Waals surface area contributed by atoms with E-state index in [4.69, 9.17) is 4.74 Å². The zero-order chi connectivity index (χ0) is 23.5. The summed E-state index contributed by atoms with van der Waals surface area (Å²) in [5, 5.41) is 34.4. The molecule has 2 fully saturated rings. The molecule has 0 saturated heterocycles. The summed E-state index contributed by atoms with van der Waals surface area (Å²) >= 11 is 0. The molecule has 182 valence electrons. The molecule has 9 heteroatoms. The Bertz CT molecular complexity index is 1070. The number of carboxylic acid groups (broad SMARTS) is 1. The molecule has 5 rings (SSSR count). The number of carboxylic acids is 1. The predicted molar refractivity (Wildman–Crippen MR) is 125 cm³/mol. The van der Waals surface area contributed by atoms with Crippen molar-refractivity contribution in [2.24, 2.45) is 5.92 Å². The maximum absolute atomic E-state index is 11.2. The van der Waals surface area contributed by atoms with E-state index in [0.717, 1.165) is 69.9 Å². The fraction of sp³-hybridized carbons (Fsp3) is 0.600. The van der Waals surface area contributed by atoms with Gasteiger partial charge in [-0.1, -0.05) is 47.3 Å². The van der Waals surface area contributed by atoms with Crippen LogP contribution >= 0.6 is 0 Å². The van der Waals surface area contributed by atoms with Crippen LogP contribution in [0.5, 0.6) is 5.88 Å². The van der Waals surface area contributed by atoms with Gasteiger partial charge in [0.15, 0.2) is 0 Å². The SMILES string of the molecule is O=C(O)c1[nH]nnc1OC1CCC(C2=CC=C(c3ccnn3CC3(O)CCCCC3)CC2)CC1. The van der Waals surface area contributed by atoms with Crippen molar-refractivity contribution >= 4 is 11.5 Å². The molecule has 0 unspecified atom stereocenters. The minimum atomic E-state index is -1.11. The summed E-state index contributed by atoms with van der Waals surface area (Å²) in [6, 6.07) is 2.06. The number of hydrogen-bond acceptors (Lipinski definition) is 6. The first-order valence-electron chi connectivity index (χ1n) is 12.5.